The highest BCUT2D eigenvalue weighted by atomic mass is 16.2. The molecule has 0 saturated carbocycles. The molecule has 0 aromatic heterocycles. The number of piperidine rings is 1. The van der Waals surface area contributed by atoms with E-state index in [0.29, 0.717) is 12.8 Å². The Kier molecular flexibility index (Phi) is 3.92. The molecule has 4 nitrogen and oxygen atoms in total. The van der Waals surface area contributed by atoms with Crippen molar-refractivity contribution in [2.75, 3.05) is 5.32 Å². The van der Waals surface area contributed by atoms with Crippen LogP contribution in [0.4, 0.5) is 5.69 Å². The molecule has 0 bridgehead atoms. The van der Waals surface area contributed by atoms with Gasteiger partial charge in [-0.1, -0.05) is 42.0 Å². The lowest BCUT2D eigenvalue weighted by Crippen LogP contribution is -2.47. The Morgan fingerprint density at radius 2 is 1.55 bits per heavy atom. The average molecular weight is 294 g/mol. The van der Waals surface area contributed by atoms with E-state index in [2.05, 4.69) is 41.8 Å². The van der Waals surface area contributed by atoms with Gasteiger partial charge in [-0.3, -0.25) is 14.9 Å². The Hall–Kier alpha value is -2.62. The van der Waals surface area contributed by atoms with Gasteiger partial charge >= 0.3 is 0 Å². The van der Waals surface area contributed by atoms with Crippen molar-refractivity contribution in [1.82, 2.24) is 5.32 Å². The van der Waals surface area contributed by atoms with Gasteiger partial charge in [0.25, 0.3) is 0 Å². The van der Waals surface area contributed by atoms with Gasteiger partial charge in [-0.25, -0.2) is 0 Å². The van der Waals surface area contributed by atoms with Gasteiger partial charge < -0.3 is 5.32 Å². The molecule has 1 aliphatic rings. The first-order valence-corrected chi connectivity index (χ1v) is 7.39. The van der Waals surface area contributed by atoms with E-state index in [1.807, 2.05) is 24.3 Å². The molecule has 2 N–H and O–H groups in total. The number of imide groups is 1. The fraction of sp³-hybridized carbons (Fsp3) is 0.222. The van der Waals surface area contributed by atoms with Gasteiger partial charge in [-0.15, -0.1) is 0 Å². The van der Waals surface area contributed by atoms with Crippen LogP contribution >= 0.6 is 0 Å². The van der Waals surface area contributed by atoms with Gasteiger partial charge in [-0.05, 0) is 36.6 Å². The normalized spacial score (nSPS) is 18.0. The number of benzene rings is 2. The van der Waals surface area contributed by atoms with Crippen LogP contribution in [0.25, 0.3) is 11.1 Å². The van der Waals surface area contributed by atoms with Crippen LogP contribution in [-0.4, -0.2) is 17.9 Å². The summed E-state index contributed by atoms with van der Waals surface area (Å²) in [5.41, 5.74) is 4.41. The molecule has 1 aliphatic heterocycles. The molecule has 1 heterocycles. The minimum Gasteiger partial charge on any atom is -0.374 e. The molecule has 1 atom stereocenters. The zero-order valence-corrected chi connectivity index (χ0v) is 12.4. The average Bonchev–Trinajstić information content (AvgIpc) is 2.52. The lowest BCUT2D eigenvalue weighted by molar-refractivity contribution is -0.133. The summed E-state index contributed by atoms with van der Waals surface area (Å²) >= 11 is 0. The van der Waals surface area contributed by atoms with E-state index in [1.165, 1.54) is 5.56 Å². The molecule has 3 rings (SSSR count). The molecule has 1 saturated heterocycles. The Morgan fingerprint density at radius 3 is 2.14 bits per heavy atom. The lowest BCUT2D eigenvalue weighted by atomic mass is 10.0. The zero-order valence-electron chi connectivity index (χ0n) is 12.4. The summed E-state index contributed by atoms with van der Waals surface area (Å²) in [4.78, 5) is 22.9. The van der Waals surface area contributed by atoms with Crippen LogP contribution in [0.2, 0.25) is 0 Å². The summed E-state index contributed by atoms with van der Waals surface area (Å²) in [5.74, 6) is -0.448. The lowest BCUT2D eigenvalue weighted by Gasteiger charge is -2.22. The summed E-state index contributed by atoms with van der Waals surface area (Å²) < 4.78 is 0. The fourth-order valence-corrected chi connectivity index (χ4v) is 2.54. The summed E-state index contributed by atoms with van der Waals surface area (Å²) in [7, 11) is 0. The molecule has 2 aromatic carbocycles. The predicted molar refractivity (Wildman–Crippen MR) is 86.4 cm³/mol. The van der Waals surface area contributed by atoms with Crippen molar-refractivity contribution in [3.05, 3.63) is 54.1 Å². The van der Waals surface area contributed by atoms with Gasteiger partial charge in [0, 0.05) is 12.1 Å². The van der Waals surface area contributed by atoms with Gasteiger partial charge in [0.05, 0.1) is 0 Å². The first-order valence-electron chi connectivity index (χ1n) is 7.39. The van der Waals surface area contributed by atoms with Crippen molar-refractivity contribution in [1.29, 1.82) is 0 Å². The van der Waals surface area contributed by atoms with E-state index in [-0.39, 0.29) is 17.9 Å². The van der Waals surface area contributed by atoms with Crippen molar-refractivity contribution in [3.63, 3.8) is 0 Å². The van der Waals surface area contributed by atoms with Crippen LogP contribution < -0.4 is 10.6 Å². The maximum Gasteiger partial charge on any atom is 0.249 e. The van der Waals surface area contributed by atoms with E-state index in [0.717, 1.165) is 16.8 Å². The first-order chi connectivity index (χ1) is 10.6. The molecule has 1 unspecified atom stereocenters. The Labute approximate surface area is 129 Å². The molecular weight excluding hydrogens is 276 g/mol. The zero-order chi connectivity index (χ0) is 15.5. The summed E-state index contributed by atoms with van der Waals surface area (Å²) in [5, 5.41) is 5.53. The van der Waals surface area contributed by atoms with Crippen LogP contribution in [0, 0.1) is 6.92 Å². The predicted octanol–water partition coefficient (Wildman–Crippen LogP) is 2.88. The van der Waals surface area contributed by atoms with Gasteiger partial charge in [-0.2, -0.15) is 0 Å². The number of hydrogen-bond donors (Lipinski definition) is 2. The fourth-order valence-electron chi connectivity index (χ4n) is 2.54. The largest absolute Gasteiger partial charge is 0.374 e. The first kappa shape index (κ1) is 14.3. The Morgan fingerprint density at radius 1 is 0.955 bits per heavy atom. The molecule has 0 radical (unpaired) electrons. The van der Waals surface area contributed by atoms with E-state index in [4.69, 9.17) is 0 Å². The molecule has 2 aromatic rings. The second-order valence-corrected chi connectivity index (χ2v) is 5.59. The number of carbonyl (C=O) groups excluding carboxylic acids is 2. The van der Waals surface area contributed by atoms with Crippen molar-refractivity contribution >= 4 is 17.5 Å². The van der Waals surface area contributed by atoms with Crippen LogP contribution in [0.5, 0.6) is 0 Å². The van der Waals surface area contributed by atoms with E-state index in [9.17, 15) is 9.59 Å². The van der Waals surface area contributed by atoms with Gasteiger partial charge in [0.1, 0.15) is 6.04 Å². The minimum absolute atomic E-state index is 0.197. The maximum atomic E-state index is 11.7. The van der Waals surface area contributed by atoms with Crippen LogP contribution in [-0.2, 0) is 9.59 Å². The van der Waals surface area contributed by atoms with Crippen LogP contribution in [0.15, 0.2) is 48.5 Å². The minimum atomic E-state index is -0.345. The van der Waals surface area contributed by atoms with E-state index >= 15 is 0 Å². The highest BCUT2D eigenvalue weighted by Gasteiger charge is 2.26. The second kappa shape index (κ2) is 6.02. The van der Waals surface area contributed by atoms with Crippen molar-refractivity contribution < 1.29 is 9.59 Å². The third-order valence-electron chi connectivity index (χ3n) is 3.85. The molecule has 4 heteroatoms. The molecule has 1 fully saturated rings. The smallest absolute Gasteiger partial charge is 0.249 e. The molecule has 112 valence electrons. The monoisotopic (exact) mass is 294 g/mol. The molecule has 22 heavy (non-hydrogen) atoms. The van der Waals surface area contributed by atoms with Crippen LogP contribution in [0.1, 0.15) is 18.4 Å². The standard InChI is InChI=1S/C18H18N2O2/c1-12-2-4-13(5-3-12)14-6-8-15(9-7-14)19-16-10-11-17(21)20-18(16)22/h2-9,16,19H,10-11H2,1H3,(H,20,21,22). The van der Waals surface area contributed by atoms with E-state index < -0.39 is 0 Å². The highest BCUT2D eigenvalue weighted by Crippen LogP contribution is 2.22. The van der Waals surface area contributed by atoms with Gasteiger partial charge in [0.2, 0.25) is 11.8 Å². The number of aryl methyl sites for hydroxylation is 1. The number of rotatable bonds is 3. The number of anilines is 1. The SMILES string of the molecule is Cc1ccc(-c2ccc(NC3CCC(=O)NC3=O)cc2)cc1. The van der Waals surface area contributed by atoms with Crippen molar-refractivity contribution in [3.8, 4) is 11.1 Å². The quantitative estimate of drug-likeness (QED) is 0.856. The summed E-state index contributed by atoms with van der Waals surface area (Å²) in [6.45, 7) is 2.07. The maximum absolute atomic E-state index is 11.7. The van der Waals surface area contributed by atoms with Crippen LogP contribution in [0.3, 0.4) is 0 Å². The molecule has 0 spiro atoms. The number of hydrogen-bond acceptors (Lipinski definition) is 3. The molecule has 2 amide bonds. The highest BCUT2D eigenvalue weighted by molar-refractivity contribution is 6.01. The number of carbonyl (C=O) groups is 2. The van der Waals surface area contributed by atoms with Crippen molar-refractivity contribution in [2.24, 2.45) is 0 Å². The molecular formula is C18H18N2O2. The molecule has 0 aliphatic carbocycles. The Bertz CT molecular complexity index is 690. The Balaban J connectivity index is 1.70. The number of nitrogens with one attached hydrogen (secondary N) is 2. The van der Waals surface area contributed by atoms with E-state index in [1.54, 1.807) is 0 Å². The summed E-state index contributed by atoms with van der Waals surface area (Å²) in [6, 6.07) is 16.0. The topological polar surface area (TPSA) is 58.2 Å². The summed E-state index contributed by atoms with van der Waals surface area (Å²) in [6.07, 6.45) is 0.912. The second-order valence-electron chi connectivity index (χ2n) is 5.59. The van der Waals surface area contributed by atoms with Crippen molar-refractivity contribution in [2.45, 2.75) is 25.8 Å². The third kappa shape index (κ3) is 3.17. The number of amides is 2. The third-order valence-corrected chi connectivity index (χ3v) is 3.85. The van der Waals surface area contributed by atoms with Gasteiger partial charge in [0.15, 0.2) is 0 Å².